The van der Waals surface area contributed by atoms with Gasteiger partial charge in [-0.05, 0) is 38.1 Å². The summed E-state index contributed by atoms with van der Waals surface area (Å²) in [5, 5.41) is 3.31. The third-order valence-electron chi connectivity index (χ3n) is 2.75. The van der Waals surface area contributed by atoms with Crippen molar-refractivity contribution < 1.29 is 36.6 Å². The Bertz CT molecular complexity index is 577. The first-order valence-corrected chi connectivity index (χ1v) is 6.89. The van der Waals surface area contributed by atoms with Gasteiger partial charge in [0.2, 0.25) is 0 Å². The maximum atomic E-state index is 13.6. The molecule has 24 heavy (non-hydrogen) atoms. The SMILES string of the molecule is CCOC(=O)N[C@](Nc1ccc(F)cc1)(C(=O)OCC)C(F)(F)F. The van der Waals surface area contributed by atoms with Gasteiger partial charge in [-0.15, -0.1) is 0 Å². The predicted octanol–water partition coefficient (Wildman–Crippen LogP) is 2.81. The first kappa shape index (κ1) is 19.5. The molecule has 1 aromatic rings. The molecule has 1 atom stereocenters. The molecular formula is C14H16F4N2O4. The quantitative estimate of drug-likeness (QED) is 0.468. The lowest BCUT2D eigenvalue weighted by atomic mass is 10.1. The van der Waals surface area contributed by atoms with Gasteiger partial charge in [-0.2, -0.15) is 13.2 Å². The van der Waals surface area contributed by atoms with E-state index in [9.17, 15) is 27.2 Å². The topological polar surface area (TPSA) is 76.7 Å². The van der Waals surface area contributed by atoms with Crippen LogP contribution in [-0.2, 0) is 14.3 Å². The summed E-state index contributed by atoms with van der Waals surface area (Å²) in [6.07, 6.45) is -6.75. The van der Waals surface area contributed by atoms with Crippen LogP contribution < -0.4 is 10.6 Å². The number of carbonyl (C=O) groups excluding carboxylic acids is 2. The van der Waals surface area contributed by atoms with Crippen molar-refractivity contribution in [2.24, 2.45) is 0 Å². The highest BCUT2D eigenvalue weighted by atomic mass is 19.4. The first-order chi connectivity index (χ1) is 11.2. The molecule has 10 heteroatoms. The van der Waals surface area contributed by atoms with Crippen molar-refractivity contribution in [2.75, 3.05) is 18.5 Å². The fourth-order valence-electron chi connectivity index (χ4n) is 1.70. The molecule has 1 aromatic carbocycles. The van der Waals surface area contributed by atoms with Crippen molar-refractivity contribution in [1.29, 1.82) is 0 Å². The fraction of sp³-hybridized carbons (Fsp3) is 0.429. The molecule has 0 fully saturated rings. The lowest BCUT2D eigenvalue weighted by molar-refractivity contribution is -0.205. The summed E-state index contributed by atoms with van der Waals surface area (Å²) in [5.74, 6) is -2.47. The average molecular weight is 352 g/mol. The lowest BCUT2D eigenvalue weighted by Gasteiger charge is -2.34. The molecule has 2 N–H and O–H groups in total. The van der Waals surface area contributed by atoms with Crippen molar-refractivity contribution >= 4 is 17.7 Å². The van der Waals surface area contributed by atoms with Gasteiger partial charge in [-0.1, -0.05) is 0 Å². The Kier molecular flexibility index (Phi) is 6.38. The Morgan fingerprint density at radius 3 is 2.04 bits per heavy atom. The van der Waals surface area contributed by atoms with Gasteiger partial charge in [-0.3, -0.25) is 5.32 Å². The van der Waals surface area contributed by atoms with E-state index in [4.69, 9.17) is 0 Å². The predicted molar refractivity (Wildman–Crippen MR) is 75.6 cm³/mol. The van der Waals surface area contributed by atoms with E-state index < -0.39 is 29.7 Å². The number of hydrogen-bond acceptors (Lipinski definition) is 5. The van der Waals surface area contributed by atoms with Gasteiger partial charge in [0.05, 0.1) is 13.2 Å². The zero-order valence-corrected chi connectivity index (χ0v) is 12.9. The van der Waals surface area contributed by atoms with Crippen LogP contribution in [0.1, 0.15) is 13.8 Å². The van der Waals surface area contributed by atoms with E-state index in [2.05, 4.69) is 9.47 Å². The van der Waals surface area contributed by atoms with Crippen molar-refractivity contribution in [1.82, 2.24) is 5.32 Å². The number of amides is 1. The molecule has 0 heterocycles. The molecule has 0 bridgehead atoms. The van der Waals surface area contributed by atoms with Crippen LogP contribution in [0.5, 0.6) is 0 Å². The van der Waals surface area contributed by atoms with Crippen LogP contribution in [0.25, 0.3) is 0 Å². The molecule has 134 valence electrons. The number of hydrogen-bond donors (Lipinski definition) is 2. The lowest BCUT2D eigenvalue weighted by Crippen LogP contribution is -2.69. The third kappa shape index (κ3) is 4.49. The van der Waals surface area contributed by atoms with Gasteiger partial charge in [0.1, 0.15) is 5.82 Å². The van der Waals surface area contributed by atoms with E-state index in [0.29, 0.717) is 0 Å². The summed E-state index contributed by atoms with van der Waals surface area (Å²) in [5.41, 5.74) is -3.86. The summed E-state index contributed by atoms with van der Waals surface area (Å²) in [4.78, 5) is 23.5. The number of esters is 1. The Morgan fingerprint density at radius 2 is 1.58 bits per heavy atom. The van der Waals surface area contributed by atoms with E-state index in [1.165, 1.54) is 19.2 Å². The van der Waals surface area contributed by atoms with Gasteiger partial charge in [-0.25, -0.2) is 14.0 Å². The number of carbonyl (C=O) groups is 2. The number of nitrogens with one attached hydrogen (secondary N) is 2. The number of alkyl carbamates (subject to hydrolysis) is 1. The molecule has 0 aromatic heterocycles. The van der Waals surface area contributed by atoms with Crippen molar-refractivity contribution in [2.45, 2.75) is 25.7 Å². The van der Waals surface area contributed by atoms with Crippen LogP contribution in [0.2, 0.25) is 0 Å². The third-order valence-corrected chi connectivity index (χ3v) is 2.75. The zero-order valence-electron chi connectivity index (χ0n) is 12.9. The van der Waals surface area contributed by atoms with Gasteiger partial charge in [0.25, 0.3) is 0 Å². The molecular weight excluding hydrogens is 336 g/mol. The minimum absolute atomic E-state index is 0.209. The summed E-state index contributed by atoms with van der Waals surface area (Å²) in [6.45, 7) is 2.12. The van der Waals surface area contributed by atoms with E-state index in [0.717, 1.165) is 24.3 Å². The molecule has 0 spiro atoms. The zero-order chi connectivity index (χ0) is 18.4. The summed E-state index contributed by atoms with van der Waals surface area (Å²) >= 11 is 0. The summed E-state index contributed by atoms with van der Waals surface area (Å²) < 4.78 is 62.6. The Balaban J connectivity index is 3.30. The Morgan fingerprint density at radius 1 is 1.04 bits per heavy atom. The molecule has 0 saturated carbocycles. The fourth-order valence-corrected chi connectivity index (χ4v) is 1.70. The number of benzene rings is 1. The molecule has 0 radical (unpaired) electrons. The van der Waals surface area contributed by atoms with Crippen LogP contribution >= 0.6 is 0 Å². The van der Waals surface area contributed by atoms with Gasteiger partial charge < -0.3 is 14.8 Å². The number of anilines is 1. The minimum Gasteiger partial charge on any atom is -0.463 e. The van der Waals surface area contributed by atoms with Crippen molar-refractivity contribution in [3.8, 4) is 0 Å². The maximum absolute atomic E-state index is 13.6. The monoisotopic (exact) mass is 352 g/mol. The molecule has 0 saturated heterocycles. The number of ether oxygens (including phenoxy) is 2. The highest BCUT2D eigenvalue weighted by Crippen LogP contribution is 2.33. The van der Waals surface area contributed by atoms with E-state index in [-0.39, 0.29) is 18.9 Å². The number of alkyl halides is 3. The van der Waals surface area contributed by atoms with Crippen molar-refractivity contribution in [3.05, 3.63) is 30.1 Å². The normalized spacial score (nSPS) is 13.6. The molecule has 6 nitrogen and oxygen atoms in total. The van der Waals surface area contributed by atoms with E-state index in [1.807, 2.05) is 5.32 Å². The number of rotatable bonds is 6. The molecule has 0 unspecified atom stereocenters. The van der Waals surface area contributed by atoms with Gasteiger partial charge >= 0.3 is 23.9 Å². The van der Waals surface area contributed by atoms with Gasteiger partial charge in [0, 0.05) is 5.69 Å². The van der Waals surface area contributed by atoms with Crippen LogP contribution in [0.15, 0.2) is 24.3 Å². The van der Waals surface area contributed by atoms with Crippen LogP contribution in [0, 0.1) is 5.82 Å². The number of halogens is 4. The molecule has 1 amide bonds. The van der Waals surface area contributed by atoms with E-state index >= 15 is 0 Å². The summed E-state index contributed by atoms with van der Waals surface area (Å²) in [6, 6.07) is 3.72. The highest BCUT2D eigenvalue weighted by molar-refractivity contribution is 5.89. The second-order valence-electron chi connectivity index (χ2n) is 4.45. The minimum atomic E-state index is -5.28. The first-order valence-electron chi connectivity index (χ1n) is 6.89. The molecule has 1 rings (SSSR count). The standard InChI is InChI=1S/C14H16F4N2O4/c1-3-23-11(21)13(14(16,17)18,20-12(22)24-4-2)19-10-7-5-9(15)6-8-10/h5-8,19H,3-4H2,1-2H3,(H,20,22)/t13-/m1/s1. The second kappa shape index (κ2) is 7.84. The Hall–Kier alpha value is -2.52. The average Bonchev–Trinajstić information content (AvgIpc) is 2.48. The molecule has 0 aliphatic carbocycles. The van der Waals surface area contributed by atoms with Gasteiger partial charge in [0.15, 0.2) is 0 Å². The second-order valence-corrected chi connectivity index (χ2v) is 4.45. The van der Waals surface area contributed by atoms with Crippen LogP contribution in [0.3, 0.4) is 0 Å². The molecule has 0 aliphatic heterocycles. The highest BCUT2D eigenvalue weighted by Gasteiger charge is 2.64. The molecule has 0 aliphatic rings. The van der Waals surface area contributed by atoms with Crippen LogP contribution in [-0.4, -0.2) is 37.1 Å². The smallest absolute Gasteiger partial charge is 0.442 e. The van der Waals surface area contributed by atoms with Crippen molar-refractivity contribution in [3.63, 3.8) is 0 Å². The van der Waals surface area contributed by atoms with Crippen LogP contribution in [0.4, 0.5) is 28.0 Å². The summed E-state index contributed by atoms with van der Waals surface area (Å²) in [7, 11) is 0. The van der Waals surface area contributed by atoms with E-state index in [1.54, 1.807) is 0 Å². The Labute approximate surface area is 135 Å². The maximum Gasteiger partial charge on any atom is 0.442 e. The largest absolute Gasteiger partial charge is 0.463 e.